The van der Waals surface area contributed by atoms with Crippen LogP contribution in [0.3, 0.4) is 0 Å². The molecule has 0 atom stereocenters. The minimum Gasteiger partial charge on any atom is -0.348 e. The van der Waals surface area contributed by atoms with Crippen LogP contribution < -0.4 is 5.32 Å². The summed E-state index contributed by atoms with van der Waals surface area (Å²) in [5, 5.41) is 2.95. The molecule has 0 aliphatic rings. The molecule has 0 spiro atoms. The average Bonchev–Trinajstić information content (AvgIpc) is 2.96. The summed E-state index contributed by atoms with van der Waals surface area (Å²) in [4.78, 5) is 16.0. The summed E-state index contributed by atoms with van der Waals surface area (Å²) in [6.07, 6.45) is 7.25. The normalized spacial score (nSPS) is 11.5. The fourth-order valence-corrected chi connectivity index (χ4v) is 1.79. The van der Waals surface area contributed by atoms with Crippen molar-refractivity contribution >= 4 is 5.91 Å². The minimum atomic E-state index is -0.197. The third-order valence-corrected chi connectivity index (χ3v) is 3.06. The zero-order chi connectivity index (χ0) is 13.2. The standard InChI is InChI=1S/C13H18N4O/c1-13(2,17-8-6-14-10-17)9-15-12(18)11-5-4-7-16(11)3/h4-8,10H,9H2,1-3H3,(H,15,18). The lowest BCUT2D eigenvalue weighted by Gasteiger charge is -2.26. The van der Waals surface area contributed by atoms with E-state index in [1.807, 2.05) is 30.1 Å². The largest absolute Gasteiger partial charge is 0.348 e. The third kappa shape index (κ3) is 2.45. The van der Waals surface area contributed by atoms with E-state index in [2.05, 4.69) is 24.1 Å². The molecule has 5 heteroatoms. The van der Waals surface area contributed by atoms with E-state index in [0.29, 0.717) is 12.2 Å². The number of aromatic nitrogens is 3. The molecule has 0 radical (unpaired) electrons. The van der Waals surface area contributed by atoms with Gasteiger partial charge >= 0.3 is 0 Å². The summed E-state index contributed by atoms with van der Waals surface area (Å²) in [6, 6.07) is 3.66. The molecule has 0 saturated carbocycles. The highest BCUT2D eigenvalue weighted by Gasteiger charge is 2.21. The number of amides is 1. The van der Waals surface area contributed by atoms with Crippen molar-refractivity contribution in [3.63, 3.8) is 0 Å². The van der Waals surface area contributed by atoms with Crippen molar-refractivity contribution in [2.45, 2.75) is 19.4 Å². The highest BCUT2D eigenvalue weighted by atomic mass is 16.1. The average molecular weight is 246 g/mol. The van der Waals surface area contributed by atoms with Gasteiger partial charge in [-0.25, -0.2) is 4.98 Å². The van der Waals surface area contributed by atoms with Gasteiger partial charge in [-0.1, -0.05) is 0 Å². The zero-order valence-electron chi connectivity index (χ0n) is 10.9. The smallest absolute Gasteiger partial charge is 0.267 e. The molecule has 2 rings (SSSR count). The lowest BCUT2D eigenvalue weighted by molar-refractivity contribution is 0.0929. The van der Waals surface area contributed by atoms with Crippen LogP contribution in [0.1, 0.15) is 24.3 Å². The quantitative estimate of drug-likeness (QED) is 0.886. The molecule has 5 nitrogen and oxygen atoms in total. The second kappa shape index (κ2) is 4.68. The van der Waals surface area contributed by atoms with Crippen molar-refractivity contribution in [2.75, 3.05) is 6.54 Å². The molecule has 0 fully saturated rings. The zero-order valence-corrected chi connectivity index (χ0v) is 10.9. The van der Waals surface area contributed by atoms with E-state index < -0.39 is 0 Å². The molecule has 0 saturated heterocycles. The molecule has 18 heavy (non-hydrogen) atoms. The molecule has 2 aromatic heterocycles. The van der Waals surface area contributed by atoms with Gasteiger partial charge in [0.2, 0.25) is 0 Å². The van der Waals surface area contributed by atoms with Gasteiger partial charge in [-0.3, -0.25) is 4.79 Å². The summed E-state index contributed by atoms with van der Waals surface area (Å²) in [7, 11) is 1.86. The Morgan fingerprint density at radius 1 is 1.44 bits per heavy atom. The second-order valence-electron chi connectivity index (χ2n) is 4.97. The predicted molar refractivity (Wildman–Crippen MR) is 69.3 cm³/mol. The van der Waals surface area contributed by atoms with Crippen LogP contribution in [0.4, 0.5) is 0 Å². The van der Waals surface area contributed by atoms with Crippen LogP contribution in [-0.4, -0.2) is 26.6 Å². The maximum atomic E-state index is 12.0. The number of nitrogens with zero attached hydrogens (tertiary/aromatic N) is 3. The van der Waals surface area contributed by atoms with Gasteiger partial charge in [0.1, 0.15) is 5.69 Å². The Kier molecular flexibility index (Phi) is 3.23. The fraction of sp³-hybridized carbons (Fsp3) is 0.385. The predicted octanol–water partition coefficient (Wildman–Crippen LogP) is 1.39. The van der Waals surface area contributed by atoms with Crippen LogP contribution in [0.2, 0.25) is 0 Å². The Balaban J connectivity index is 2.00. The van der Waals surface area contributed by atoms with Gasteiger partial charge in [0.25, 0.3) is 5.91 Å². The highest BCUT2D eigenvalue weighted by molar-refractivity contribution is 5.92. The Bertz CT molecular complexity index is 525. The number of hydrogen-bond donors (Lipinski definition) is 1. The minimum absolute atomic E-state index is 0.0595. The van der Waals surface area contributed by atoms with Gasteiger partial charge in [-0.05, 0) is 26.0 Å². The molecule has 0 aliphatic carbocycles. The van der Waals surface area contributed by atoms with Crippen LogP contribution in [0, 0.1) is 0 Å². The van der Waals surface area contributed by atoms with Crippen LogP contribution in [-0.2, 0) is 12.6 Å². The molecule has 1 N–H and O–H groups in total. The Labute approximate surface area is 106 Å². The molecule has 2 aromatic rings. The SMILES string of the molecule is Cn1cccc1C(=O)NCC(C)(C)n1ccnc1. The van der Waals surface area contributed by atoms with E-state index in [9.17, 15) is 4.79 Å². The molecule has 0 aromatic carbocycles. The number of rotatable bonds is 4. The summed E-state index contributed by atoms with van der Waals surface area (Å²) >= 11 is 0. The van der Waals surface area contributed by atoms with Gasteiger partial charge in [-0.15, -0.1) is 0 Å². The van der Waals surface area contributed by atoms with Crippen molar-refractivity contribution in [1.82, 2.24) is 19.4 Å². The lowest BCUT2D eigenvalue weighted by atomic mass is 10.1. The maximum absolute atomic E-state index is 12.0. The van der Waals surface area contributed by atoms with Crippen LogP contribution in [0.25, 0.3) is 0 Å². The van der Waals surface area contributed by atoms with Crippen LogP contribution >= 0.6 is 0 Å². The molecule has 0 bridgehead atoms. The van der Waals surface area contributed by atoms with E-state index in [4.69, 9.17) is 0 Å². The topological polar surface area (TPSA) is 51.9 Å². The first kappa shape index (κ1) is 12.4. The monoisotopic (exact) mass is 246 g/mol. The first-order chi connectivity index (χ1) is 8.50. The first-order valence-corrected chi connectivity index (χ1v) is 5.89. The van der Waals surface area contributed by atoms with Gasteiger partial charge in [0.15, 0.2) is 0 Å². The summed E-state index contributed by atoms with van der Waals surface area (Å²) in [5.41, 5.74) is 0.466. The Hall–Kier alpha value is -2.04. The third-order valence-electron chi connectivity index (χ3n) is 3.06. The van der Waals surface area contributed by atoms with Crippen LogP contribution in [0.5, 0.6) is 0 Å². The Morgan fingerprint density at radius 2 is 2.22 bits per heavy atom. The number of hydrogen-bond acceptors (Lipinski definition) is 2. The van der Waals surface area contributed by atoms with Crippen molar-refractivity contribution in [2.24, 2.45) is 7.05 Å². The Morgan fingerprint density at radius 3 is 2.78 bits per heavy atom. The van der Waals surface area contributed by atoms with E-state index in [0.717, 1.165) is 0 Å². The van der Waals surface area contributed by atoms with Crippen molar-refractivity contribution in [3.8, 4) is 0 Å². The fourth-order valence-electron chi connectivity index (χ4n) is 1.79. The van der Waals surface area contributed by atoms with E-state index in [-0.39, 0.29) is 11.4 Å². The molecule has 96 valence electrons. The van der Waals surface area contributed by atoms with E-state index in [1.165, 1.54) is 0 Å². The summed E-state index contributed by atoms with van der Waals surface area (Å²) < 4.78 is 3.79. The van der Waals surface area contributed by atoms with Crippen molar-refractivity contribution < 1.29 is 4.79 Å². The molecule has 0 aliphatic heterocycles. The van der Waals surface area contributed by atoms with Crippen LogP contribution in [0.15, 0.2) is 37.1 Å². The molecule has 2 heterocycles. The summed E-state index contributed by atoms with van der Waals surface area (Å²) in [6.45, 7) is 4.66. The molecular formula is C13H18N4O. The van der Waals surface area contributed by atoms with E-state index in [1.54, 1.807) is 23.2 Å². The first-order valence-electron chi connectivity index (χ1n) is 5.89. The highest BCUT2D eigenvalue weighted by Crippen LogP contribution is 2.13. The molecular weight excluding hydrogens is 228 g/mol. The van der Waals surface area contributed by atoms with Gasteiger partial charge in [0.05, 0.1) is 11.9 Å². The number of carbonyl (C=O) groups is 1. The van der Waals surface area contributed by atoms with E-state index >= 15 is 0 Å². The molecule has 0 unspecified atom stereocenters. The number of carbonyl (C=O) groups excluding carboxylic acids is 1. The lowest BCUT2D eigenvalue weighted by Crippen LogP contribution is -2.40. The van der Waals surface area contributed by atoms with Gasteiger partial charge in [-0.2, -0.15) is 0 Å². The van der Waals surface area contributed by atoms with Crippen molar-refractivity contribution in [3.05, 3.63) is 42.7 Å². The number of nitrogens with one attached hydrogen (secondary N) is 1. The summed E-state index contributed by atoms with van der Waals surface area (Å²) in [5.74, 6) is -0.0595. The van der Waals surface area contributed by atoms with Crippen molar-refractivity contribution in [1.29, 1.82) is 0 Å². The number of imidazole rings is 1. The maximum Gasteiger partial charge on any atom is 0.267 e. The second-order valence-corrected chi connectivity index (χ2v) is 4.97. The number of aryl methyl sites for hydroxylation is 1. The van der Waals surface area contributed by atoms with Gasteiger partial charge < -0.3 is 14.5 Å². The molecule has 1 amide bonds. The van der Waals surface area contributed by atoms with Gasteiger partial charge in [0, 0.05) is 32.2 Å².